The predicted molar refractivity (Wildman–Crippen MR) is 104 cm³/mol. The third-order valence-electron chi connectivity index (χ3n) is 4.87. The molecule has 1 aliphatic heterocycles. The number of ether oxygens (including phenoxy) is 1. The van der Waals surface area contributed by atoms with Gasteiger partial charge in [-0.2, -0.15) is 0 Å². The van der Waals surface area contributed by atoms with E-state index in [1.165, 1.54) is 0 Å². The van der Waals surface area contributed by atoms with Gasteiger partial charge in [-0.1, -0.05) is 35.9 Å². The quantitative estimate of drug-likeness (QED) is 0.813. The molecule has 2 aromatic rings. The third kappa shape index (κ3) is 3.35. The van der Waals surface area contributed by atoms with Crippen molar-refractivity contribution in [3.05, 3.63) is 64.4 Å². The molecule has 0 fully saturated rings. The van der Waals surface area contributed by atoms with Gasteiger partial charge in [0.2, 0.25) is 0 Å². The van der Waals surface area contributed by atoms with Crippen molar-refractivity contribution in [1.82, 2.24) is 5.32 Å². The van der Waals surface area contributed by atoms with E-state index >= 15 is 0 Å². The largest absolute Gasteiger partial charge is 0.509 e. The summed E-state index contributed by atoms with van der Waals surface area (Å²) >= 11 is 5.97. The van der Waals surface area contributed by atoms with Crippen LogP contribution in [0.1, 0.15) is 24.5 Å². The summed E-state index contributed by atoms with van der Waals surface area (Å²) in [7, 11) is 1.60. The molecule has 136 valence electrons. The maximum atomic E-state index is 12.6. The SMILES string of the molecule is COCCC1(C)NC(=O)C(c2cc(-c3ccc(Cl)cc3)ccc2C)=C1O. The molecule has 2 aromatic carbocycles. The Kier molecular flexibility index (Phi) is 5.08. The Morgan fingerprint density at radius 1 is 1.15 bits per heavy atom. The molecule has 1 heterocycles. The van der Waals surface area contributed by atoms with E-state index < -0.39 is 5.54 Å². The molecule has 4 nitrogen and oxygen atoms in total. The summed E-state index contributed by atoms with van der Waals surface area (Å²) in [5.74, 6) is -0.201. The highest BCUT2D eigenvalue weighted by molar-refractivity contribution is 6.30. The van der Waals surface area contributed by atoms with Crippen molar-refractivity contribution in [3.8, 4) is 11.1 Å². The van der Waals surface area contributed by atoms with Crippen molar-refractivity contribution in [2.45, 2.75) is 25.8 Å². The molecule has 0 radical (unpaired) electrons. The molecule has 1 amide bonds. The summed E-state index contributed by atoms with van der Waals surface area (Å²) in [6.45, 7) is 4.18. The second-order valence-corrected chi connectivity index (χ2v) is 7.23. The Bertz CT molecular complexity index is 873. The highest BCUT2D eigenvalue weighted by Crippen LogP contribution is 2.36. The smallest absolute Gasteiger partial charge is 0.256 e. The number of rotatable bonds is 5. The normalized spacial score (nSPS) is 19.8. The number of amides is 1. The summed E-state index contributed by atoms with van der Waals surface area (Å²) in [6.07, 6.45) is 0.500. The maximum absolute atomic E-state index is 12.6. The molecule has 2 N–H and O–H groups in total. The minimum Gasteiger partial charge on any atom is -0.509 e. The lowest BCUT2D eigenvalue weighted by atomic mass is 9.91. The van der Waals surface area contributed by atoms with Crippen LogP contribution < -0.4 is 5.32 Å². The molecule has 5 heteroatoms. The number of methoxy groups -OCH3 is 1. The fraction of sp³-hybridized carbons (Fsp3) is 0.286. The molecule has 0 aliphatic carbocycles. The van der Waals surface area contributed by atoms with Gasteiger partial charge in [0.05, 0.1) is 11.1 Å². The highest BCUT2D eigenvalue weighted by atomic mass is 35.5. The number of benzene rings is 2. The number of hydrogen-bond acceptors (Lipinski definition) is 3. The van der Waals surface area contributed by atoms with Crippen molar-refractivity contribution >= 4 is 23.1 Å². The molecule has 0 aromatic heterocycles. The average molecular weight is 372 g/mol. The molecule has 1 atom stereocenters. The van der Waals surface area contributed by atoms with Crippen LogP contribution in [0.2, 0.25) is 5.02 Å². The van der Waals surface area contributed by atoms with E-state index in [-0.39, 0.29) is 11.7 Å². The van der Waals surface area contributed by atoms with Gasteiger partial charge in [-0.15, -0.1) is 0 Å². The molecule has 1 unspecified atom stereocenters. The molecule has 26 heavy (non-hydrogen) atoms. The number of carbonyl (C=O) groups is 1. The van der Waals surface area contributed by atoms with Crippen LogP contribution in [0, 0.1) is 6.92 Å². The van der Waals surface area contributed by atoms with Crippen LogP contribution in [0.4, 0.5) is 0 Å². The highest BCUT2D eigenvalue weighted by Gasteiger charge is 2.42. The van der Waals surface area contributed by atoms with Crippen molar-refractivity contribution in [2.24, 2.45) is 0 Å². The third-order valence-corrected chi connectivity index (χ3v) is 5.12. The number of aliphatic hydroxyl groups excluding tert-OH is 1. The van der Waals surface area contributed by atoms with Gasteiger partial charge in [-0.05, 0) is 54.3 Å². The number of aliphatic hydroxyl groups is 1. The second kappa shape index (κ2) is 7.14. The number of carbonyl (C=O) groups excluding carboxylic acids is 1. The minimum absolute atomic E-state index is 0.0657. The van der Waals surface area contributed by atoms with Crippen LogP contribution in [-0.4, -0.2) is 30.3 Å². The summed E-state index contributed by atoms with van der Waals surface area (Å²) in [4.78, 5) is 12.6. The van der Waals surface area contributed by atoms with Gasteiger partial charge in [-0.25, -0.2) is 0 Å². The Morgan fingerprint density at radius 2 is 1.81 bits per heavy atom. The first-order chi connectivity index (χ1) is 12.4. The first-order valence-corrected chi connectivity index (χ1v) is 8.85. The number of halogens is 1. The van der Waals surface area contributed by atoms with Crippen LogP contribution in [0.25, 0.3) is 16.7 Å². The van der Waals surface area contributed by atoms with Gasteiger partial charge >= 0.3 is 0 Å². The molecule has 0 saturated carbocycles. The van der Waals surface area contributed by atoms with E-state index in [0.717, 1.165) is 22.3 Å². The van der Waals surface area contributed by atoms with Crippen molar-refractivity contribution in [3.63, 3.8) is 0 Å². The summed E-state index contributed by atoms with van der Waals surface area (Å²) in [5, 5.41) is 14.4. The molecule has 0 saturated heterocycles. The zero-order valence-corrected chi connectivity index (χ0v) is 15.9. The van der Waals surface area contributed by atoms with Crippen LogP contribution in [-0.2, 0) is 9.53 Å². The van der Waals surface area contributed by atoms with Gasteiger partial charge in [0.15, 0.2) is 0 Å². The van der Waals surface area contributed by atoms with Gasteiger partial charge in [0, 0.05) is 25.2 Å². The molecular weight excluding hydrogens is 350 g/mol. The predicted octanol–water partition coefficient (Wildman–Crippen LogP) is 4.51. The lowest BCUT2D eigenvalue weighted by molar-refractivity contribution is -0.116. The van der Waals surface area contributed by atoms with Crippen LogP contribution in [0.5, 0.6) is 0 Å². The minimum atomic E-state index is -0.814. The Labute approximate surface area is 158 Å². The van der Waals surface area contributed by atoms with Crippen LogP contribution in [0.3, 0.4) is 0 Å². The molecule has 3 rings (SSSR count). The van der Waals surface area contributed by atoms with Crippen molar-refractivity contribution in [1.29, 1.82) is 0 Å². The summed E-state index contributed by atoms with van der Waals surface area (Å²) in [6, 6.07) is 13.4. The van der Waals surface area contributed by atoms with Crippen LogP contribution >= 0.6 is 11.6 Å². The fourth-order valence-electron chi connectivity index (χ4n) is 3.21. The number of hydrogen-bond donors (Lipinski definition) is 2. The Morgan fingerprint density at radius 3 is 2.46 bits per heavy atom. The standard InChI is InChI=1S/C21H22ClNO3/c1-13-4-5-15(14-6-8-16(22)9-7-14)12-17(13)18-19(24)21(2,10-11-26-3)23-20(18)25/h4-9,12,24H,10-11H2,1-3H3,(H,23,25). The topological polar surface area (TPSA) is 58.6 Å². The molecular formula is C21H22ClNO3. The van der Waals surface area contributed by atoms with Crippen molar-refractivity contribution < 1.29 is 14.6 Å². The van der Waals surface area contributed by atoms with Gasteiger partial charge in [-0.3, -0.25) is 4.79 Å². The van der Waals surface area contributed by atoms with E-state index in [0.29, 0.717) is 23.6 Å². The average Bonchev–Trinajstić information content (AvgIpc) is 2.84. The van der Waals surface area contributed by atoms with E-state index in [4.69, 9.17) is 16.3 Å². The van der Waals surface area contributed by atoms with E-state index in [1.807, 2.05) is 56.3 Å². The zero-order chi connectivity index (χ0) is 18.9. The molecule has 0 bridgehead atoms. The Balaban J connectivity index is 2.06. The van der Waals surface area contributed by atoms with E-state index in [1.54, 1.807) is 7.11 Å². The first-order valence-electron chi connectivity index (χ1n) is 8.48. The number of aryl methyl sites for hydroxylation is 1. The van der Waals surface area contributed by atoms with E-state index in [2.05, 4.69) is 5.32 Å². The monoisotopic (exact) mass is 371 g/mol. The van der Waals surface area contributed by atoms with Crippen LogP contribution in [0.15, 0.2) is 48.2 Å². The maximum Gasteiger partial charge on any atom is 0.256 e. The van der Waals surface area contributed by atoms with Crippen molar-refractivity contribution in [2.75, 3.05) is 13.7 Å². The van der Waals surface area contributed by atoms with Gasteiger partial charge < -0.3 is 15.2 Å². The van der Waals surface area contributed by atoms with E-state index in [9.17, 15) is 9.90 Å². The van der Waals surface area contributed by atoms with Gasteiger partial charge in [0.1, 0.15) is 5.76 Å². The van der Waals surface area contributed by atoms with Gasteiger partial charge in [0.25, 0.3) is 5.91 Å². The summed E-state index contributed by atoms with van der Waals surface area (Å²) in [5.41, 5.74) is 3.13. The molecule has 1 aliphatic rings. The summed E-state index contributed by atoms with van der Waals surface area (Å²) < 4.78 is 5.11. The Hall–Kier alpha value is -2.30. The lowest BCUT2D eigenvalue weighted by Gasteiger charge is -2.24. The first kappa shape index (κ1) is 18.5. The zero-order valence-electron chi connectivity index (χ0n) is 15.1. The lowest BCUT2D eigenvalue weighted by Crippen LogP contribution is -2.42. The molecule has 0 spiro atoms. The fourth-order valence-corrected chi connectivity index (χ4v) is 3.33. The number of nitrogens with one attached hydrogen (secondary N) is 1. The second-order valence-electron chi connectivity index (χ2n) is 6.79.